The number of ether oxygens (including phenoxy) is 1. The van der Waals surface area contributed by atoms with E-state index in [4.69, 9.17) is 4.74 Å². The molecule has 226 valence electrons. The Kier molecular flexibility index (Phi) is 9.67. The van der Waals surface area contributed by atoms with Gasteiger partial charge >= 0.3 is 0 Å². The fourth-order valence-electron chi connectivity index (χ4n) is 7.10. The molecule has 2 aromatic carbocycles. The van der Waals surface area contributed by atoms with Crippen LogP contribution < -0.4 is 15.4 Å². The summed E-state index contributed by atoms with van der Waals surface area (Å²) in [5, 5.41) is 6.65. The maximum Gasteiger partial charge on any atom is 0.245 e. The Hall–Kier alpha value is -3.19. The van der Waals surface area contributed by atoms with E-state index < -0.39 is 11.5 Å². The van der Waals surface area contributed by atoms with Crippen molar-refractivity contribution < 1.29 is 19.1 Å². The maximum absolute atomic E-state index is 14.1. The van der Waals surface area contributed by atoms with Crippen LogP contribution in [0.1, 0.15) is 75.8 Å². The number of nitrogens with one attached hydrogen (secondary N) is 2. The Morgan fingerprint density at radius 2 is 1.64 bits per heavy atom. The average molecular weight is 574 g/mol. The molecule has 0 bridgehead atoms. The highest BCUT2D eigenvalue weighted by Crippen LogP contribution is 2.52. The first-order valence-corrected chi connectivity index (χ1v) is 15.9. The number of likely N-dealkylation sites (tertiary alicyclic amines) is 1. The predicted octanol–water partition coefficient (Wildman–Crippen LogP) is 4.82. The lowest BCUT2D eigenvalue weighted by Gasteiger charge is -2.42. The molecule has 0 radical (unpaired) electrons. The molecule has 2 aromatic rings. The molecule has 0 aromatic heterocycles. The van der Waals surface area contributed by atoms with E-state index in [2.05, 4.69) is 22.8 Å². The third-order valence-electron chi connectivity index (χ3n) is 9.94. The summed E-state index contributed by atoms with van der Waals surface area (Å²) in [6.07, 6.45) is 7.90. The molecule has 3 fully saturated rings. The first kappa shape index (κ1) is 30.3. The summed E-state index contributed by atoms with van der Waals surface area (Å²) < 4.78 is 5.32. The molecule has 2 saturated heterocycles. The summed E-state index contributed by atoms with van der Waals surface area (Å²) in [5.74, 6) is 1.56. The molecule has 2 heterocycles. The molecular formula is C35H47N3O4. The van der Waals surface area contributed by atoms with Gasteiger partial charge in [0.2, 0.25) is 11.8 Å². The van der Waals surface area contributed by atoms with Crippen LogP contribution >= 0.6 is 0 Å². The van der Waals surface area contributed by atoms with Crippen molar-refractivity contribution in [3.63, 3.8) is 0 Å². The second-order valence-corrected chi connectivity index (χ2v) is 12.7. The maximum atomic E-state index is 14.1. The topological polar surface area (TPSA) is 87.7 Å². The Balaban J connectivity index is 1.32. The minimum Gasteiger partial charge on any atom is -0.497 e. The predicted molar refractivity (Wildman–Crippen MR) is 164 cm³/mol. The fourth-order valence-corrected chi connectivity index (χ4v) is 7.10. The molecule has 2 N–H and O–H groups in total. The zero-order chi connectivity index (χ0) is 29.6. The molecule has 7 heteroatoms. The number of nitrogens with zero attached hydrogens (tertiary/aromatic N) is 1. The molecule has 0 spiro atoms. The van der Waals surface area contributed by atoms with Crippen molar-refractivity contribution in [3.05, 3.63) is 65.7 Å². The number of carbonyl (C=O) groups is 3. The molecular weight excluding hydrogens is 526 g/mol. The first-order chi connectivity index (χ1) is 20.4. The smallest absolute Gasteiger partial charge is 0.245 e. The zero-order valence-electron chi connectivity index (χ0n) is 25.3. The van der Waals surface area contributed by atoms with E-state index >= 15 is 0 Å². The summed E-state index contributed by atoms with van der Waals surface area (Å²) in [6.45, 7) is 5.07. The number of ketones is 1. The molecule has 2 amide bonds. The molecule has 5 rings (SSSR count). The van der Waals surface area contributed by atoms with Gasteiger partial charge in [-0.1, -0.05) is 49.4 Å². The van der Waals surface area contributed by atoms with Gasteiger partial charge in [-0.05, 0) is 93.6 Å². The number of benzene rings is 2. The van der Waals surface area contributed by atoms with Crippen LogP contribution in [-0.2, 0) is 26.2 Å². The lowest BCUT2D eigenvalue weighted by atomic mass is 9.68. The van der Waals surface area contributed by atoms with E-state index in [0.717, 1.165) is 68.5 Å². The van der Waals surface area contributed by atoms with E-state index in [1.807, 2.05) is 54.3 Å². The van der Waals surface area contributed by atoms with Gasteiger partial charge in [0.1, 0.15) is 17.6 Å². The van der Waals surface area contributed by atoms with Crippen LogP contribution in [-0.4, -0.2) is 61.8 Å². The highest BCUT2D eigenvalue weighted by Gasteiger charge is 2.52. The quantitative estimate of drug-likeness (QED) is 0.380. The van der Waals surface area contributed by atoms with E-state index in [1.54, 1.807) is 7.11 Å². The average Bonchev–Trinajstić information content (AvgIpc) is 3.82. The van der Waals surface area contributed by atoms with Gasteiger partial charge in [-0.3, -0.25) is 14.4 Å². The monoisotopic (exact) mass is 573 g/mol. The second-order valence-electron chi connectivity index (χ2n) is 12.7. The van der Waals surface area contributed by atoms with Gasteiger partial charge in [0.05, 0.1) is 12.5 Å². The highest BCUT2D eigenvalue weighted by atomic mass is 16.5. The molecule has 1 atom stereocenters. The normalized spacial score (nSPS) is 20.4. The lowest BCUT2D eigenvalue weighted by Crippen LogP contribution is -2.56. The van der Waals surface area contributed by atoms with E-state index in [0.29, 0.717) is 44.7 Å². The van der Waals surface area contributed by atoms with Crippen molar-refractivity contribution >= 4 is 17.6 Å². The first-order valence-electron chi connectivity index (χ1n) is 15.9. The Labute approximate surface area is 250 Å². The van der Waals surface area contributed by atoms with Gasteiger partial charge in [0, 0.05) is 31.3 Å². The number of hydrogen-bond donors (Lipinski definition) is 2. The van der Waals surface area contributed by atoms with Gasteiger partial charge in [-0.15, -0.1) is 0 Å². The molecule has 3 aliphatic rings. The van der Waals surface area contributed by atoms with Crippen molar-refractivity contribution in [2.45, 2.75) is 82.6 Å². The van der Waals surface area contributed by atoms with Gasteiger partial charge in [0.25, 0.3) is 0 Å². The van der Waals surface area contributed by atoms with E-state index in [-0.39, 0.29) is 23.0 Å². The van der Waals surface area contributed by atoms with Crippen molar-refractivity contribution in [1.82, 2.24) is 15.5 Å². The molecule has 2 aliphatic heterocycles. The second kappa shape index (κ2) is 13.4. The third-order valence-corrected chi connectivity index (χ3v) is 9.94. The number of amides is 2. The summed E-state index contributed by atoms with van der Waals surface area (Å²) in [6, 6.07) is 17.1. The summed E-state index contributed by atoms with van der Waals surface area (Å²) in [7, 11) is 1.64. The lowest BCUT2D eigenvalue weighted by molar-refractivity contribution is -0.140. The van der Waals surface area contributed by atoms with Crippen LogP contribution in [0.25, 0.3) is 0 Å². The minimum absolute atomic E-state index is 0.0293. The summed E-state index contributed by atoms with van der Waals surface area (Å²) in [4.78, 5) is 43.3. The molecule has 7 nitrogen and oxygen atoms in total. The highest BCUT2D eigenvalue weighted by molar-refractivity contribution is 5.93. The summed E-state index contributed by atoms with van der Waals surface area (Å²) >= 11 is 0. The number of piperidine rings is 2. The van der Waals surface area contributed by atoms with Gasteiger partial charge < -0.3 is 20.3 Å². The number of Topliss-reactive ketones (excluding diaryl/α,β-unsaturated/α-hetero) is 1. The Bertz CT molecular complexity index is 1210. The number of carbonyl (C=O) groups excluding carboxylic acids is 3. The number of hydrogen-bond acceptors (Lipinski definition) is 5. The van der Waals surface area contributed by atoms with Gasteiger partial charge in [-0.2, -0.15) is 0 Å². The van der Waals surface area contributed by atoms with E-state index in [9.17, 15) is 14.4 Å². The Morgan fingerprint density at radius 1 is 0.976 bits per heavy atom. The summed E-state index contributed by atoms with van der Waals surface area (Å²) in [5.41, 5.74) is 1.13. The SMILES string of the molecule is CCCC(=O)C1(c2ccccc2)CCN(C(=O)[C@@H](Cc2ccc(OC)cc2)NC(=O)C2(CC3CCNCC3)CC2)CC1. The largest absolute Gasteiger partial charge is 0.497 e. The molecule has 42 heavy (non-hydrogen) atoms. The van der Waals surface area contributed by atoms with E-state index in [1.165, 1.54) is 0 Å². The molecule has 1 saturated carbocycles. The van der Waals surface area contributed by atoms with Crippen LogP contribution in [0, 0.1) is 11.3 Å². The van der Waals surface area contributed by atoms with Crippen molar-refractivity contribution in [3.8, 4) is 5.75 Å². The number of rotatable bonds is 12. The minimum atomic E-state index is -0.646. The zero-order valence-corrected chi connectivity index (χ0v) is 25.3. The van der Waals surface area contributed by atoms with Crippen LogP contribution in [0.5, 0.6) is 5.75 Å². The van der Waals surface area contributed by atoms with Gasteiger partial charge in [-0.25, -0.2) is 0 Å². The Morgan fingerprint density at radius 3 is 2.24 bits per heavy atom. The van der Waals surface area contributed by atoms with Crippen molar-refractivity contribution in [1.29, 1.82) is 0 Å². The molecule has 1 aliphatic carbocycles. The van der Waals surface area contributed by atoms with Crippen LogP contribution in [0.2, 0.25) is 0 Å². The van der Waals surface area contributed by atoms with Crippen LogP contribution in [0.3, 0.4) is 0 Å². The fraction of sp³-hybridized carbons (Fsp3) is 0.571. The standard InChI is InChI=1S/C35H47N3O4/c1-3-7-31(39)35(28-8-5-4-6-9-28)18-22-38(23-19-35)32(40)30(24-26-10-12-29(42-2)13-11-26)37-33(41)34(16-17-34)25-27-14-20-36-21-15-27/h4-6,8-13,27,30,36H,3,7,14-25H2,1-2H3,(H,37,41)/t30-/m1/s1. The van der Waals surface area contributed by atoms with Crippen molar-refractivity contribution in [2.24, 2.45) is 11.3 Å². The van der Waals surface area contributed by atoms with Crippen molar-refractivity contribution in [2.75, 3.05) is 33.3 Å². The van der Waals surface area contributed by atoms with Crippen LogP contribution in [0.15, 0.2) is 54.6 Å². The molecule has 0 unspecified atom stereocenters. The van der Waals surface area contributed by atoms with Gasteiger partial charge in [0.15, 0.2) is 0 Å². The van der Waals surface area contributed by atoms with Crippen LogP contribution in [0.4, 0.5) is 0 Å². The number of methoxy groups -OCH3 is 1. The third kappa shape index (κ3) is 6.72.